The van der Waals surface area contributed by atoms with E-state index in [1.165, 1.54) is 6.07 Å². The van der Waals surface area contributed by atoms with E-state index in [2.05, 4.69) is 0 Å². The third-order valence-corrected chi connectivity index (χ3v) is 2.17. The second kappa shape index (κ2) is 5.32. The minimum atomic E-state index is -4.34. The molecule has 0 fully saturated rings. The predicted octanol–water partition coefficient (Wildman–Crippen LogP) is 2.76. The first-order chi connectivity index (χ1) is 8.24. The molecule has 0 bridgehead atoms. The predicted molar refractivity (Wildman–Crippen MR) is 54.4 cm³/mol. The van der Waals surface area contributed by atoms with E-state index in [-0.39, 0.29) is 0 Å². The van der Waals surface area contributed by atoms with Crippen LogP contribution in [0.25, 0.3) is 0 Å². The van der Waals surface area contributed by atoms with E-state index in [4.69, 9.17) is 0 Å². The van der Waals surface area contributed by atoms with Crippen LogP contribution in [0.15, 0.2) is 18.2 Å². The van der Waals surface area contributed by atoms with Crippen molar-refractivity contribution < 1.29 is 26.7 Å². The van der Waals surface area contributed by atoms with Gasteiger partial charge in [-0.15, -0.1) is 0 Å². The first-order valence-electron chi connectivity index (χ1n) is 4.94. The fraction of sp³-hybridized carbons (Fsp3) is 0.364. The molecule has 1 aromatic carbocycles. The van der Waals surface area contributed by atoms with Crippen molar-refractivity contribution in [2.24, 2.45) is 0 Å². The van der Waals surface area contributed by atoms with Crippen molar-refractivity contribution in [3.63, 3.8) is 0 Å². The summed E-state index contributed by atoms with van der Waals surface area (Å²) in [7, 11) is 0. The Hall–Kier alpha value is -1.66. The Balaban J connectivity index is 2.72. The van der Waals surface area contributed by atoms with Gasteiger partial charge in [-0.05, 0) is 24.6 Å². The van der Waals surface area contributed by atoms with Gasteiger partial charge in [-0.1, -0.05) is 6.07 Å². The summed E-state index contributed by atoms with van der Waals surface area (Å²) in [6, 6.07) is 3.55. The summed E-state index contributed by atoms with van der Waals surface area (Å²) >= 11 is 0. The molecule has 0 heterocycles. The largest absolute Gasteiger partial charge is 0.346 e. The highest BCUT2D eigenvalue weighted by Gasteiger charge is 2.40. The molecule has 0 saturated carbocycles. The zero-order valence-electron chi connectivity index (χ0n) is 9.31. The van der Waals surface area contributed by atoms with Crippen molar-refractivity contribution in [1.29, 1.82) is 0 Å². The number of alkyl halides is 4. The maximum atomic E-state index is 13.3. The average molecular weight is 267 g/mol. The molecule has 1 aromatic rings. The van der Waals surface area contributed by atoms with Gasteiger partial charge >= 0.3 is 12.3 Å². The molecule has 100 valence electrons. The standard InChI is InChI=1S/C11H10F5NO/c1-6-2-3-7(8(12)4-6)9(18)17-5-11(15,16)10(13)14/h2-4,10H,5H2,1H3,(H,17,18). The van der Waals surface area contributed by atoms with Crippen LogP contribution in [0.4, 0.5) is 22.0 Å². The molecular weight excluding hydrogens is 257 g/mol. The normalized spacial score (nSPS) is 11.7. The molecule has 0 atom stereocenters. The van der Waals surface area contributed by atoms with Crippen LogP contribution in [-0.4, -0.2) is 24.8 Å². The Bertz CT molecular complexity index is 447. The zero-order chi connectivity index (χ0) is 13.9. The summed E-state index contributed by atoms with van der Waals surface area (Å²) in [5.74, 6) is -6.39. The summed E-state index contributed by atoms with van der Waals surface area (Å²) in [4.78, 5) is 11.3. The number of hydrogen-bond acceptors (Lipinski definition) is 1. The van der Waals surface area contributed by atoms with Crippen molar-refractivity contribution in [3.8, 4) is 0 Å². The van der Waals surface area contributed by atoms with Crippen LogP contribution >= 0.6 is 0 Å². The number of carbonyl (C=O) groups is 1. The summed E-state index contributed by atoms with van der Waals surface area (Å²) < 4.78 is 62.0. The summed E-state index contributed by atoms with van der Waals surface area (Å²) in [6.45, 7) is 0.0343. The highest BCUT2D eigenvalue weighted by atomic mass is 19.3. The third-order valence-electron chi connectivity index (χ3n) is 2.17. The van der Waals surface area contributed by atoms with Crippen LogP contribution in [0.3, 0.4) is 0 Å². The van der Waals surface area contributed by atoms with E-state index in [1.807, 2.05) is 0 Å². The zero-order valence-corrected chi connectivity index (χ0v) is 9.31. The van der Waals surface area contributed by atoms with Gasteiger partial charge in [0.2, 0.25) is 0 Å². The van der Waals surface area contributed by atoms with Gasteiger partial charge in [-0.3, -0.25) is 4.79 Å². The fourth-order valence-corrected chi connectivity index (χ4v) is 1.17. The molecule has 0 spiro atoms. The number of nitrogens with one attached hydrogen (secondary N) is 1. The molecule has 0 aliphatic heterocycles. The van der Waals surface area contributed by atoms with E-state index in [1.54, 1.807) is 12.2 Å². The second-order valence-corrected chi connectivity index (χ2v) is 3.73. The molecule has 1 rings (SSSR count). The van der Waals surface area contributed by atoms with Crippen molar-refractivity contribution in [1.82, 2.24) is 5.32 Å². The van der Waals surface area contributed by atoms with E-state index >= 15 is 0 Å². The Labute approximate surface area is 99.8 Å². The Morgan fingerprint density at radius 3 is 2.50 bits per heavy atom. The molecule has 0 saturated heterocycles. The van der Waals surface area contributed by atoms with Gasteiger partial charge in [0, 0.05) is 0 Å². The lowest BCUT2D eigenvalue weighted by atomic mass is 10.1. The maximum Gasteiger partial charge on any atom is 0.324 e. The van der Waals surface area contributed by atoms with Gasteiger partial charge in [-0.25, -0.2) is 13.2 Å². The number of halogens is 5. The lowest BCUT2D eigenvalue weighted by molar-refractivity contribution is -0.123. The molecule has 1 N–H and O–H groups in total. The van der Waals surface area contributed by atoms with Gasteiger partial charge in [-0.2, -0.15) is 8.78 Å². The molecule has 0 aliphatic rings. The number of carbonyl (C=O) groups excluding carboxylic acids is 1. The minimum absolute atomic E-state index is 0.467. The number of aryl methyl sites for hydroxylation is 1. The molecule has 18 heavy (non-hydrogen) atoms. The first kappa shape index (κ1) is 14.4. The molecule has 0 aliphatic carbocycles. The number of hydrogen-bond donors (Lipinski definition) is 1. The lowest BCUT2D eigenvalue weighted by Crippen LogP contribution is -2.41. The van der Waals surface area contributed by atoms with Crippen LogP contribution in [0.5, 0.6) is 0 Å². The summed E-state index contributed by atoms with van der Waals surface area (Å²) in [6.07, 6.45) is -3.89. The van der Waals surface area contributed by atoms with Gasteiger partial charge in [0.05, 0.1) is 12.1 Å². The van der Waals surface area contributed by atoms with Crippen LogP contribution in [0, 0.1) is 12.7 Å². The summed E-state index contributed by atoms with van der Waals surface area (Å²) in [5, 5.41) is 1.57. The van der Waals surface area contributed by atoms with Gasteiger partial charge in [0.15, 0.2) is 0 Å². The second-order valence-electron chi connectivity index (χ2n) is 3.73. The molecule has 1 amide bonds. The monoisotopic (exact) mass is 267 g/mol. The summed E-state index contributed by atoms with van der Waals surface area (Å²) in [5.41, 5.74) is 0.0765. The minimum Gasteiger partial charge on any atom is -0.346 e. The van der Waals surface area contributed by atoms with E-state index in [0.29, 0.717) is 5.56 Å². The quantitative estimate of drug-likeness (QED) is 0.835. The first-order valence-corrected chi connectivity index (χ1v) is 4.94. The molecule has 0 aromatic heterocycles. The van der Waals surface area contributed by atoms with Crippen LogP contribution < -0.4 is 5.32 Å². The molecule has 2 nitrogen and oxygen atoms in total. The van der Waals surface area contributed by atoms with Gasteiger partial charge in [0.25, 0.3) is 5.91 Å². The fourth-order valence-electron chi connectivity index (χ4n) is 1.17. The topological polar surface area (TPSA) is 29.1 Å². The van der Waals surface area contributed by atoms with Crippen LogP contribution in [0.1, 0.15) is 15.9 Å². The van der Waals surface area contributed by atoms with E-state index in [9.17, 15) is 26.7 Å². The van der Waals surface area contributed by atoms with E-state index in [0.717, 1.165) is 12.1 Å². The molecule has 7 heteroatoms. The van der Waals surface area contributed by atoms with Crippen LogP contribution in [-0.2, 0) is 0 Å². The Morgan fingerprint density at radius 1 is 1.39 bits per heavy atom. The van der Waals surface area contributed by atoms with Crippen molar-refractivity contribution >= 4 is 5.91 Å². The number of amides is 1. The van der Waals surface area contributed by atoms with Gasteiger partial charge in [0.1, 0.15) is 5.82 Å². The van der Waals surface area contributed by atoms with Crippen molar-refractivity contribution in [2.45, 2.75) is 19.3 Å². The molecule has 0 unspecified atom stereocenters. The Morgan fingerprint density at radius 2 is 2.00 bits per heavy atom. The van der Waals surface area contributed by atoms with Crippen molar-refractivity contribution in [2.75, 3.05) is 6.54 Å². The maximum absolute atomic E-state index is 13.3. The van der Waals surface area contributed by atoms with Crippen molar-refractivity contribution in [3.05, 3.63) is 35.1 Å². The van der Waals surface area contributed by atoms with Gasteiger partial charge < -0.3 is 5.32 Å². The third kappa shape index (κ3) is 3.41. The molecule has 0 radical (unpaired) electrons. The highest BCUT2D eigenvalue weighted by Crippen LogP contribution is 2.21. The lowest BCUT2D eigenvalue weighted by Gasteiger charge is -2.15. The number of rotatable bonds is 4. The average Bonchev–Trinajstić information content (AvgIpc) is 2.25. The highest BCUT2D eigenvalue weighted by molar-refractivity contribution is 5.94. The number of benzene rings is 1. The van der Waals surface area contributed by atoms with E-state index < -0.39 is 36.2 Å². The SMILES string of the molecule is Cc1ccc(C(=O)NCC(F)(F)C(F)F)c(F)c1. The van der Waals surface area contributed by atoms with Crippen LogP contribution in [0.2, 0.25) is 0 Å². The Kier molecular flexibility index (Phi) is 4.26. The molecular formula is C11H10F5NO. The smallest absolute Gasteiger partial charge is 0.324 e.